The Hall–Kier alpha value is -3.14. The molecule has 33 heavy (non-hydrogen) atoms. The van der Waals surface area contributed by atoms with Crippen molar-refractivity contribution in [1.29, 1.82) is 0 Å². The van der Waals surface area contributed by atoms with Crippen molar-refractivity contribution >= 4 is 44.9 Å². The van der Waals surface area contributed by atoms with Gasteiger partial charge in [0.2, 0.25) is 0 Å². The van der Waals surface area contributed by atoms with Crippen molar-refractivity contribution in [1.82, 2.24) is 0 Å². The molecule has 162 valence electrons. The van der Waals surface area contributed by atoms with Gasteiger partial charge in [-0.25, -0.2) is 0 Å². The van der Waals surface area contributed by atoms with Gasteiger partial charge in [-0.2, -0.15) is 0 Å². The Bertz CT molecular complexity index is 1500. The van der Waals surface area contributed by atoms with E-state index in [1.807, 2.05) is 0 Å². The first-order valence-electron chi connectivity index (χ1n) is 11.6. The van der Waals surface area contributed by atoms with Gasteiger partial charge >= 0.3 is 7.12 Å². The van der Waals surface area contributed by atoms with E-state index in [4.69, 9.17) is 9.31 Å². The molecule has 0 spiro atoms. The van der Waals surface area contributed by atoms with Gasteiger partial charge in [0, 0.05) is 0 Å². The van der Waals surface area contributed by atoms with Crippen LogP contribution in [0.3, 0.4) is 0 Å². The molecule has 1 aliphatic rings. The lowest BCUT2D eigenvalue weighted by Crippen LogP contribution is -2.41. The van der Waals surface area contributed by atoms with E-state index in [9.17, 15) is 0 Å². The molecule has 5 aromatic carbocycles. The van der Waals surface area contributed by atoms with Crippen molar-refractivity contribution in [2.75, 3.05) is 0 Å². The van der Waals surface area contributed by atoms with Crippen molar-refractivity contribution in [2.24, 2.45) is 0 Å². The standard InChI is InChI=1S/C30H27BO2/c1-29(2)30(3,4)33-31(32-29)22-15-17-26-24-13-9-8-12-23(24)25-16-14-21(18-27(25)28(26)19-22)20-10-6-5-7-11-20/h5-19H,1-4H3. The summed E-state index contributed by atoms with van der Waals surface area (Å²) in [6.07, 6.45) is 0. The zero-order valence-corrected chi connectivity index (χ0v) is 19.6. The summed E-state index contributed by atoms with van der Waals surface area (Å²) in [5.41, 5.74) is 2.78. The van der Waals surface area contributed by atoms with Crippen molar-refractivity contribution in [3.8, 4) is 11.1 Å². The van der Waals surface area contributed by atoms with Crippen molar-refractivity contribution in [2.45, 2.75) is 38.9 Å². The van der Waals surface area contributed by atoms with E-state index in [2.05, 4.69) is 119 Å². The molecule has 1 fully saturated rings. The Morgan fingerprint density at radius 1 is 0.485 bits per heavy atom. The number of hydrogen-bond acceptors (Lipinski definition) is 2. The van der Waals surface area contributed by atoms with Crippen LogP contribution in [0.1, 0.15) is 27.7 Å². The fraction of sp³-hybridized carbons (Fsp3) is 0.200. The van der Waals surface area contributed by atoms with E-state index in [1.54, 1.807) is 0 Å². The fourth-order valence-corrected chi connectivity index (χ4v) is 4.91. The molecule has 0 saturated carbocycles. The quantitative estimate of drug-likeness (QED) is 0.219. The lowest BCUT2D eigenvalue weighted by Gasteiger charge is -2.32. The zero-order chi connectivity index (χ0) is 22.8. The summed E-state index contributed by atoms with van der Waals surface area (Å²) in [5, 5.41) is 7.56. The number of benzene rings is 5. The third-order valence-corrected chi connectivity index (χ3v) is 7.49. The van der Waals surface area contributed by atoms with E-state index >= 15 is 0 Å². The Balaban J connectivity index is 1.62. The summed E-state index contributed by atoms with van der Waals surface area (Å²) in [6, 6.07) is 32.7. The van der Waals surface area contributed by atoms with Gasteiger partial charge in [-0.15, -0.1) is 0 Å². The average molecular weight is 430 g/mol. The van der Waals surface area contributed by atoms with Crippen molar-refractivity contribution < 1.29 is 9.31 Å². The Kier molecular flexibility index (Phi) is 4.45. The Morgan fingerprint density at radius 3 is 1.64 bits per heavy atom. The van der Waals surface area contributed by atoms with E-state index in [0.29, 0.717) is 0 Å². The topological polar surface area (TPSA) is 18.5 Å². The minimum Gasteiger partial charge on any atom is -0.399 e. The fourth-order valence-electron chi connectivity index (χ4n) is 4.91. The van der Waals surface area contributed by atoms with Crippen LogP contribution >= 0.6 is 0 Å². The highest BCUT2D eigenvalue weighted by Gasteiger charge is 2.51. The molecule has 3 heteroatoms. The van der Waals surface area contributed by atoms with Gasteiger partial charge in [-0.3, -0.25) is 0 Å². The monoisotopic (exact) mass is 430 g/mol. The average Bonchev–Trinajstić information content (AvgIpc) is 3.06. The predicted molar refractivity (Wildman–Crippen MR) is 140 cm³/mol. The summed E-state index contributed by atoms with van der Waals surface area (Å²) < 4.78 is 12.7. The number of fused-ring (bicyclic) bond motifs is 6. The molecule has 0 amide bonds. The van der Waals surface area contributed by atoms with Gasteiger partial charge in [-0.05, 0) is 82.7 Å². The smallest absolute Gasteiger partial charge is 0.399 e. The maximum atomic E-state index is 6.37. The molecular weight excluding hydrogens is 403 g/mol. The molecule has 0 radical (unpaired) electrons. The molecule has 1 aliphatic heterocycles. The van der Waals surface area contributed by atoms with Crippen LogP contribution in [0.15, 0.2) is 91.0 Å². The lowest BCUT2D eigenvalue weighted by atomic mass is 9.77. The van der Waals surface area contributed by atoms with Crippen LogP contribution in [-0.4, -0.2) is 18.3 Å². The molecule has 0 atom stereocenters. The van der Waals surface area contributed by atoms with Gasteiger partial charge in [0.25, 0.3) is 0 Å². The second-order valence-electron chi connectivity index (χ2n) is 10.1. The molecule has 0 N–H and O–H groups in total. The van der Waals surface area contributed by atoms with Crippen LogP contribution in [0.25, 0.3) is 43.4 Å². The minimum absolute atomic E-state index is 0.363. The molecule has 0 aromatic heterocycles. The highest BCUT2D eigenvalue weighted by atomic mass is 16.7. The third-order valence-electron chi connectivity index (χ3n) is 7.49. The third kappa shape index (κ3) is 3.19. The Morgan fingerprint density at radius 2 is 1.00 bits per heavy atom. The SMILES string of the molecule is CC1(C)OB(c2ccc3c4ccccc4c4ccc(-c5ccccc5)cc4c3c2)OC1(C)C. The second kappa shape index (κ2) is 7.18. The molecule has 0 bridgehead atoms. The van der Waals surface area contributed by atoms with Gasteiger partial charge in [0.1, 0.15) is 0 Å². The van der Waals surface area contributed by atoms with Crippen LogP contribution in [0.4, 0.5) is 0 Å². The lowest BCUT2D eigenvalue weighted by molar-refractivity contribution is 0.00578. The maximum Gasteiger partial charge on any atom is 0.494 e. The van der Waals surface area contributed by atoms with E-state index in [-0.39, 0.29) is 18.3 Å². The molecule has 5 aromatic rings. The highest BCUT2D eigenvalue weighted by Crippen LogP contribution is 2.39. The zero-order valence-electron chi connectivity index (χ0n) is 19.6. The van der Waals surface area contributed by atoms with Crippen LogP contribution in [0.5, 0.6) is 0 Å². The van der Waals surface area contributed by atoms with E-state index in [0.717, 1.165) is 5.46 Å². The second-order valence-corrected chi connectivity index (χ2v) is 10.1. The molecule has 2 nitrogen and oxygen atoms in total. The first kappa shape index (κ1) is 20.5. The first-order chi connectivity index (χ1) is 15.8. The van der Waals surface area contributed by atoms with Crippen LogP contribution in [0, 0.1) is 0 Å². The molecule has 1 saturated heterocycles. The van der Waals surface area contributed by atoms with Gasteiger partial charge in [-0.1, -0.05) is 84.9 Å². The normalized spacial score (nSPS) is 17.3. The van der Waals surface area contributed by atoms with Crippen LogP contribution < -0.4 is 5.46 Å². The van der Waals surface area contributed by atoms with E-state index < -0.39 is 0 Å². The van der Waals surface area contributed by atoms with Gasteiger partial charge in [0.15, 0.2) is 0 Å². The molecule has 0 aliphatic carbocycles. The van der Waals surface area contributed by atoms with Crippen LogP contribution in [-0.2, 0) is 9.31 Å². The molecular formula is C30H27BO2. The largest absolute Gasteiger partial charge is 0.494 e. The van der Waals surface area contributed by atoms with Crippen molar-refractivity contribution in [3.05, 3.63) is 91.0 Å². The van der Waals surface area contributed by atoms with Crippen LogP contribution in [0.2, 0.25) is 0 Å². The Labute approximate surface area is 195 Å². The van der Waals surface area contributed by atoms with Gasteiger partial charge in [0.05, 0.1) is 11.2 Å². The number of rotatable bonds is 2. The van der Waals surface area contributed by atoms with Crippen molar-refractivity contribution in [3.63, 3.8) is 0 Å². The summed E-state index contributed by atoms with van der Waals surface area (Å²) >= 11 is 0. The predicted octanol–water partition coefficient (Wildman–Crippen LogP) is 7.11. The minimum atomic E-state index is -0.377. The summed E-state index contributed by atoms with van der Waals surface area (Å²) in [5.74, 6) is 0. The first-order valence-corrected chi connectivity index (χ1v) is 11.6. The van der Waals surface area contributed by atoms with E-state index in [1.165, 1.54) is 43.4 Å². The highest BCUT2D eigenvalue weighted by molar-refractivity contribution is 6.62. The summed E-state index contributed by atoms with van der Waals surface area (Å²) in [4.78, 5) is 0. The van der Waals surface area contributed by atoms with Gasteiger partial charge < -0.3 is 9.31 Å². The number of hydrogen-bond donors (Lipinski definition) is 0. The summed E-state index contributed by atoms with van der Waals surface area (Å²) in [6.45, 7) is 8.40. The summed E-state index contributed by atoms with van der Waals surface area (Å²) in [7, 11) is -0.377. The maximum absolute atomic E-state index is 6.37. The molecule has 6 rings (SSSR count). The molecule has 0 unspecified atom stereocenters. The molecule has 1 heterocycles.